The molecule has 5 heteroatoms. The Labute approximate surface area is 161 Å². The summed E-state index contributed by atoms with van der Waals surface area (Å²) in [5.41, 5.74) is 2.41. The molecule has 0 bridgehead atoms. The molecule has 0 unspecified atom stereocenters. The van der Waals surface area contributed by atoms with Gasteiger partial charge in [0.1, 0.15) is 5.75 Å². The molecule has 2 aromatic rings. The number of anilines is 1. The van der Waals surface area contributed by atoms with Gasteiger partial charge in [0, 0.05) is 45.7 Å². The van der Waals surface area contributed by atoms with Gasteiger partial charge in [0.05, 0.1) is 12.8 Å². The lowest BCUT2D eigenvalue weighted by Crippen LogP contribution is -2.47. The number of carbonyl (C=O) groups is 1. The number of ether oxygens (including phenoxy) is 1. The van der Waals surface area contributed by atoms with Gasteiger partial charge < -0.3 is 15.0 Å². The first-order valence-electron chi connectivity index (χ1n) is 9.67. The van der Waals surface area contributed by atoms with Crippen LogP contribution < -0.4 is 15.0 Å². The fourth-order valence-corrected chi connectivity index (χ4v) is 3.44. The van der Waals surface area contributed by atoms with E-state index in [9.17, 15) is 4.79 Å². The Morgan fingerprint density at radius 1 is 1.00 bits per heavy atom. The van der Waals surface area contributed by atoms with Gasteiger partial charge in [-0.2, -0.15) is 0 Å². The molecule has 27 heavy (non-hydrogen) atoms. The number of amides is 1. The largest absolute Gasteiger partial charge is 0.495 e. The zero-order valence-electron chi connectivity index (χ0n) is 16.1. The van der Waals surface area contributed by atoms with Gasteiger partial charge in [-0.3, -0.25) is 9.69 Å². The van der Waals surface area contributed by atoms with Crippen LogP contribution in [0.5, 0.6) is 5.75 Å². The molecule has 0 radical (unpaired) electrons. The van der Waals surface area contributed by atoms with Gasteiger partial charge in [-0.1, -0.05) is 42.5 Å². The highest BCUT2D eigenvalue weighted by atomic mass is 16.5. The van der Waals surface area contributed by atoms with E-state index in [2.05, 4.69) is 33.3 Å². The van der Waals surface area contributed by atoms with Crippen LogP contribution in [0.4, 0.5) is 5.69 Å². The first-order chi connectivity index (χ1) is 13.3. The van der Waals surface area contributed by atoms with Gasteiger partial charge in [0.25, 0.3) is 0 Å². The molecule has 144 valence electrons. The van der Waals surface area contributed by atoms with Crippen LogP contribution >= 0.6 is 0 Å². The van der Waals surface area contributed by atoms with Crippen LogP contribution in [0.2, 0.25) is 0 Å². The van der Waals surface area contributed by atoms with Crippen LogP contribution in [0.3, 0.4) is 0 Å². The van der Waals surface area contributed by atoms with E-state index in [0.717, 1.165) is 50.6 Å². The van der Waals surface area contributed by atoms with Crippen LogP contribution in [0, 0.1) is 0 Å². The second kappa shape index (κ2) is 9.97. The maximum absolute atomic E-state index is 12.1. The van der Waals surface area contributed by atoms with Crippen molar-refractivity contribution in [2.24, 2.45) is 0 Å². The Bertz CT molecular complexity index is 713. The number of methoxy groups -OCH3 is 1. The van der Waals surface area contributed by atoms with Crippen molar-refractivity contribution >= 4 is 11.6 Å². The molecule has 1 aliphatic heterocycles. The molecule has 1 saturated heterocycles. The van der Waals surface area contributed by atoms with Gasteiger partial charge in [0.2, 0.25) is 5.91 Å². The Kier molecular flexibility index (Phi) is 7.11. The van der Waals surface area contributed by atoms with Crippen LogP contribution in [-0.2, 0) is 11.2 Å². The Balaban J connectivity index is 1.35. The fraction of sp³-hybridized carbons (Fsp3) is 0.409. The van der Waals surface area contributed by atoms with Crippen LogP contribution in [-0.4, -0.2) is 57.2 Å². The monoisotopic (exact) mass is 367 g/mol. The number of piperazine rings is 1. The highest BCUT2D eigenvalue weighted by Gasteiger charge is 2.19. The molecule has 0 aromatic heterocycles. The number of nitrogens with zero attached hydrogens (tertiary/aromatic N) is 2. The van der Waals surface area contributed by atoms with Gasteiger partial charge >= 0.3 is 0 Å². The van der Waals surface area contributed by atoms with Crippen molar-refractivity contribution in [2.75, 3.05) is 51.3 Å². The van der Waals surface area contributed by atoms with Crippen molar-refractivity contribution in [1.82, 2.24) is 10.2 Å². The highest BCUT2D eigenvalue weighted by molar-refractivity contribution is 5.76. The Morgan fingerprint density at radius 3 is 2.44 bits per heavy atom. The molecule has 0 spiro atoms. The highest BCUT2D eigenvalue weighted by Crippen LogP contribution is 2.28. The summed E-state index contributed by atoms with van der Waals surface area (Å²) in [5.74, 6) is 1.06. The Hall–Kier alpha value is -2.53. The van der Waals surface area contributed by atoms with E-state index in [1.54, 1.807) is 7.11 Å². The molecule has 1 fully saturated rings. The zero-order chi connectivity index (χ0) is 18.9. The standard InChI is InChI=1S/C22H29N3O2/c1-27-21-10-6-5-9-20(21)25-17-15-24(16-18-25)14-12-22(26)23-13-11-19-7-3-2-4-8-19/h2-10H,11-18H2,1H3,(H,23,26). The summed E-state index contributed by atoms with van der Waals surface area (Å²) in [6, 6.07) is 18.4. The summed E-state index contributed by atoms with van der Waals surface area (Å²) in [7, 11) is 1.71. The number of para-hydroxylation sites is 2. The van der Waals surface area contributed by atoms with E-state index in [4.69, 9.17) is 4.74 Å². The zero-order valence-corrected chi connectivity index (χ0v) is 16.1. The SMILES string of the molecule is COc1ccccc1N1CCN(CCC(=O)NCCc2ccccc2)CC1. The molecule has 3 rings (SSSR count). The molecular weight excluding hydrogens is 338 g/mol. The van der Waals surface area contributed by atoms with Gasteiger partial charge in [-0.25, -0.2) is 0 Å². The predicted octanol–water partition coefficient (Wildman–Crippen LogP) is 2.57. The van der Waals surface area contributed by atoms with Crippen molar-refractivity contribution in [3.8, 4) is 5.75 Å². The lowest BCUT2D eigenvalue weighted by atomic mass is 10.1. The minimum absolute atomic E-state index is 0.137. The summed E-state index contributed by atoms with van der Waals surface area (Å²) < 4.78 is 5.47. The summed E-state index contributed by atoms with van der Waals surface area (Å²) in [6.45, 7) is 5.36. The lowest BCUT2D eigenvalue weighted by molar-refractivity contribution is -0.121. The molecule has 0 aliphatic carbocycles. The number of hydrogen-bond donors (Lipinski definition) is 1. The third-order valence-corrected chi connectivity index (χ3v) is 5.03. The topological polar surface area (TPSA) is 44.8 Å². The molecule has 1 amide bonds. The average molecular weight is 367 g/mol. The van der Waals surface area contributed by atoms with Crippen LogP contribution in [0.1, 0.15) is 12.0 Å². The molecule has 1 aliphatic rings. The maximum Gasteiger partial charge on any atom is 0.221 e. The van der Waals surface area contributed by atoms with Crippen LogP contribution in [0.25, 0.3) is 0 Å². The summed E-state index contributed by atoms with van der Waals surface area (Å²) in [4.78, 5) is 16.8. The third-order valence-electron chi connectivity index (χ3n) is 5.03. The van der Waals surface area contributed by atoms with Crippen molar-refractivity contribution in [2.45, 2.75) is 12.8 Å². The second-order valence-electron chi connectivity index (χ2n) is 6.84. The third kappa shape index (κ3) is 5.73. The van der Waals surface area contributed by atoms with Crippen molar-refractivity contribution in [3.05, 3.63) is 60.2 Å². The normalized spacial score (nSPS) is 14.8. The Morgan fingerprint density at radius 2 is 1.70 bits per heavy atom. The first kappa shape index (κ1) is 19.2. The van der Waals surface area contributed by atoms with Crippen LogP contribution in [0.15, 0.2) is 54.6 Å². The van der Waals surface area contributed by atoms with Crippen molar-refractivity contribution < 1.29 is 9.53 Å². The molecule has 1 N–H and O–H groups in total. The minimum atomic E-state index is 0.137. The summed E-state index contributed by atoms with van der Waals surface area (Å²) >= 11 is 0. The molecule has 0 atom stereocenters. The average Bonchev–Trinajstić information content (AvgIpc) is 2.73. The van der Waals surface area contributed by atoms with E-state index in [1.165, 1.54) is 5.56 Å². The lowest BCUT2D eigenvalue weighted by Gasteiger charge is -2.36. The van der Waals surface area contributed by atoms with Gasteiger partial charge in [-0.05, 0) is 24.1 Å². The summed E-state index contributed by atoms with van der Waals surface area (Å²) in [5, 5.41) is 3.03. The number of rotatable bonds is 8. The van der Waals surface area contributed by atoms with Crippen molar-refractivity contribution in [3.63, 3.8) is 0 Å². The molecule has 1 heterocycles. The van der Waals surface area contributed by atoms with E-state index in [0.29, 0.717) is 13.0 Å². The van der Waals surface area contributed by atoms with Gasteiger partial charge in [0.15, 0.2) is 0 Å². The number of nitrogens with one attached hydrogen (secondary N) is 1. The first-order valence-corrected chi connectivity index (χ1v) is 9.67. The number of carbonyl (C=O) groups excluding carboxylic acids is 1. The van der Waals surface area contributed by atoms with E-state index < -0.39 is 0 Å². The quantitative estimate of drug-likeness (QED) is 0.779. The molecule has 2 aromatic carbocycles. The fourth-order valence-electron chi connectivity index (χ4n) is 3.44. The summed E-state index contributed by atoms with van der Waals surface area (Å²) in [6.07, 6.45) is 1.44. The number of benzene rings is 2. The molecule has 0 saturated carbocycles. The predicted molar refractivity (Wildman–Crippen MR) is 109 cm³/mol. The van der Waals surface area contributed by atoms with E-state index >= 15 is 0 Å². The second-order valence-corrected chi connectivity index (χ2v) is 6.84. The van der Waals surface area contributed by atoms with E-state index in [1.807, 2.05) is 36.4 Å². The van der Waals surface area contributed by atoms with Gasteiger partial charge in [-0.15, -0.1) is 0 Å². The minimum Gasteiger partial charge on any atom is -0.495 e. The van der Waals surface area contributed by atoms with Crippen molar-refractivity contribution in [1.29, 1.82) is 0 Å². The molecular formula is C22H29N3O2. The number of hydrogen-bond acceptors (Lipinski definition) is 4. The maximum atomic E-state index is 12.1. The van der Waals surface area contributed by atoms with E-state index in [-0.39, 0.29) is 5.91 Å². The molecule has 5 nitrogen and oxygen atoms in total. The smallest absolute Gasteiger partial charge is 0.221 e.